The van der Waals surface area contributed by atoms with Gasteiger partial charge in [0.1, 0.15) is 6.33 Å². The summed E-state index contributed by atoms with van der Waals surface area (Å²) in [7, 11) is 0. The molecule has 1 aromatic carbocycles. The number of tetrazole rings is 1. The SMILES string of the molecule is NCCC(=O)NCC1CCCCN1C(=O)c1cccc(-n2cnnn2)c1. The Morgan fingerprint density at radius 2 is 2.19 bits per heavy atom. The summed E-state index contributed by atoms with van der Waals surface area (Å²) in [6.07, 6.45) is 4.67. The van der Waals surface area contributed by atoms with Crippen LogP contribution in [0.5, 0.6) is 0 Å². The van der Waals surface area contributed by atoms with E-state index in [0.717, 1.165) is 24.9 Å². The maximum absolute atomic E-state index is 13.0. The Labute approximate surface area is 151 Å². The van der Waals surface area contributed by atoms with Gasteiger partial charge in [0, 0.05) is 37.7 Å². The van der Waals surface area contributed by atoms with E-state index >= 15 is 0 Å². The van der Waals surface area contributed by atoms with Gasteiger partial charge in [-0.1, -0.05) is 6.07 Å². The molecule has 2 heterocycles. The maximum atomic E-state index is 13.0. The molecule has 3 rings (SSSR count). The normalized spacial score (nSPS) is 17.1. The molecule has 1 aliphatic rings. The molecule has 1 saturated heterocycles. The van der Waals surface area contributed by atoms with Gasteiger partial charge in [0.25, 0.3) is 5.91 Å². The number of aromatic nitrogens is 4. The van der Waals surface area contributed by atoms with Crippen LogP contribution in [0.15, 0.2) is 30.6 Å². The number of hydrogen-bond donors (Lipinski definition) is 2. The third-order valence-electron chi connectivity index (χ3n) is 4.50. The summed E-state index contributed by atoms with van der Waals surface area (Å²) >= 11 is 0. The van der Waals surface area contributed by atoms with Gasteiger partial charge >= 0.3 is 0 Å². The summed E-state index contributed by atoms with van der Waals surface area (Å²) < 4.78 is 1.51. The van der Waals surface area contributed by atoms with E-state index in [4.69, 9.17) is 5.73 Å². The molecular weight excluding hydrogens is 334 g/mol. The lowest BCUT2D eigenvalue weighted by molar-refractivity contribution is -0.121. The molecule has 1 unspecified atom stereocenters. The van der Waals surface area contributed by atoms with Crippen LogP contribution in [0.2, 0.25) is 0 Å². The average Bonchev–Trinajstić information content (AvgIpc) is 3.21. The van der Waals surface area contributed by atoms with Crippen molar-refractivity contribution >= 4 is 11.8 Å². The highest BCUT2D eigenvalue weighted by molar-refractivity contribution is 5.95. The molecule has 0 radical (unpaired) electrons. The van der Waals surface area contributed by atoms with Crippen LogP contribution in [-0.2, 0) is 4.79 Å². The highest BCUT2D eigenvalue weighted by atomic mass is 16.2. The summed E-state index contributed by atoms with van der Waals surface area (Å²) in [4.78, 5) is 26.6. The number of hydrogen-bond acceptors (Lipinski definition) is 6. The molecule has 138 valence electrons. The first-order valence-electron chi connectivity index (χ1n) is 8.80. The standard InChI is InChI=1S/C17H23N7O2/c18-8-7-16(25)19-11-15-5-1-2-9-23(15)17(26)13-4-3-6-14(10-13)24-12-20-21-22-24/h3-4,6,10,12,15H,1-2,5,7-9,11,18H2,(H,19,25). The zero-order valence-corrected chi connectivity index (χ0v) is 14.5. The molecule has 26 heavy (non-hydrogen) atoms. The first-order chi connectivity index (χ1) is 12.7. The van der Waals surface area contributed by atoms with Crippen molar-refractivity contribution in [3.05, 3.63) is 36.2 Å². The molecule has 1 aliphatic heterocycles. The van der Waals surface area contributed by atoms with E-state index in [1.54, 1.807) is 12.1 Å². The smallest absolute Gasteiger partial charge is 0.254 e. The van der Waals surface area contributed by atoms with Gasteiger partial charge in [-0.2, -0.15) is 0 Å². The number of rotatable bonds is 6. The highest BCUT2D eigenvalue weighted by Crippen LogP contribution is 2.20. The number of nitrogens with two attached hydrogens (primary N) is 1. The third kappa shape index (κ3) is 4.23. The molecule has 0 saturated carbocycles. The van der Waals surface area contributed by atoms with E-state index in [1.165, 1.54) is 11.0 Å². The van der Waals surface area contributed by atoms with E-state index in [1.807, 2.05) is 17.0 Å². The fraction of sp³-hybridized carbons (Fsp3) is 0.471. The predicted molar refractivity (Wildman–Crippen MR) is 94.5 cm³/mol. The Balaban J connectivity index is 1.72. The molecule has 9 heteroatoms. The Morgan fingerprint density at radius 3 is 2.96 bits per heavy atom. The van der Waals surface area contributed by atoms with Crippen molar-refractivity contribution < 1.29 is 9.59 Å². The fourth-order valence-electron chi connectivity index (χ4n) is 3.16. The third-order valence-corrected chi connectivity index (χ3v) is 4.50. The zero-order valence-electron chi connectivity index (χ0n) is 14.5. The molecule has 0 aliphatic carbocycles. The number of likely N-dealkylation sites (tertiary alicyclic amines) is 1. The summed E-state index contributed by atoms with van der Waals surface area (Å²) in [5.74, 6) is -0.121. The van der Waals surface area contributed by atoms with E-state index in [-0.39, 0.29) is 17.9 Å². The minimum Gasteiger partial charge on any atom is -0.354 e. The van der Waals surface area contributed by atoms with E-state index < -0.39 is 0 Å². The van der Waals surface area contributed by atoms with Gasteiger partial charge < -0.3 is 16.0 Å². The molecule has 1 fully saturated rings. The van der Waals surface area contributed by atoms with Crippen LogP contribution in [0, 0.1) is 0 Å². The predicted octanol–water partition coefficient (Wildman–Crippen LogP) is 0.122. The maximum Gasteiger partial charge on any atom is 0.254 e. The zero-order chi connectivity index (χ0) is 18.4. The molecule has 2 amide bonds. The largest absolute Gasteiger partial charge is 0.354 e. The number of piperidine rings is 1. The van der Waals surface area contributed by atoms with Crippen molar-refractivity contribution in [2.45, 2.75) is 31.7 Å². The molecule has 3 N–H and O–H groups in total. The number of nitrogens with zero attached hydrogens (tertiary/aromatic N) is 5. The van der Waals surface area contributed by atoms with Crippen molar-refractivity contribution in [3.63, 3.8) is 0 Å². The average molecular weight is 357 g/mol. The lowest BCUT2D eigenvalue weighted by atomic mass is 10.0. The van der Waals surface area contributed by atoms with Gasteiger partial charge in [0.05, 0.1) is 5.69 Å². The van der Waals surface area contributed by atoms with Crippen LogP contribution in [0.25, 0.3) is 5.69 Å². The van der Waals surface area contributed by atoms with Crippen LogP contribution in [0.1, 0.15) is 36.0 Å². The summed E-state index contributed by atoms with van der Waals surface area (Å²) in [5.41, 5.74) is 6.71. The Bertz CT molecular complexity index is 747. The topological polar surface area (TPSA) is 119 Å². The van der Waals surface area contributed by atoms with Gasteiger partial charge in [0.15, 0.2) is 0 Å². The number of amides is 2. The van der Waals surface area contributed by atoms with Crippen molar-refractivity contribution in [2.24, 2.45) is 5.73 Å². The van der Waals surface area contributed by atoms with Gasteiger partial charge in [-0.15, -0.1) is 5.10 Å². The molecule has 9 nitrogen and oxygen atoms in total. The minimum absolute atomic E-state index is 0.00494. The Morgan fingerprint density at radius 1 is 1.31 bits per heavy atom. The van der Waals surface area contributed by atoms with Crippen LogP contribution in [-0.4, -0.2) is 62.6 Å². The van der Waals surface area contributed by atoms with Crippen molar-refractivity contribution in [3.8, 4) is 5.69 Å². The van der Waals surface area contributed by atoms with Gasteiger partial charge in [-0.25, -0.2) is 4.68 Å². The molecule has 1 atom stereocenters. The Kier molecular flexibility index (Phi) is 5.90. The Hall–Kier alpha value is -2.81. The second-order valence-corrected chi connectivity index (χ2v) is 6.30. The fourth-order valence-corrected chi connectivity index (χ4v) is 3.16. The molecule has 0 spiro atoms. The summed E-state index contributed by atoms with van der Waals surface area (Å²) in [6, 6.07) is 7.21. The van der Waals surface area contributed by atoms with Crippen LogP contribution >= 0.6 is 0 Å². The van der Waals surface area contributed by atoms with Crippen molar-refractivity contribution in [1.82, 2.24) is 30.4 Å². The van der Waals surface area contributed by atoms with Crippen LogP contribution in [0.3, 0.4) is 0 Å². The summed E-state index contributed by atoms with van der Waals surface area (Å²) in [5, 5.41) is 14.0. The van der Waals surface area contributed by atoms with Crippen LogP contribution < -0.4 is 11.1 Å². The van der Waals surface area contributed by atoms with Crippen LogP contribution in [0.4, 0.5) is 0 Å². The second kappa shape index (κ2) is 8.52. The van der Waals surface area contributed by atoms with Gasteiger partial charge in [0.2, 0.25) is 5.91 Å². The molecule has 2 aromatic rings. The lowest BCUT2D eigenvalue weighted by Crippen LogP contribution is -2.49. The number of nitrogens with one attached hydrogen (secondary N) is 1. The van der Waals surface area contributed by atoms with Gasteiger partial charge in [-0.05, 0) is 47.9 Å². The lowest BCUT2D eigenvalue weighted by Gasteiger charge is -2.36. The summed E-state index contributed by atoms with van der Waals surface area (Å²) in [6.45, 7) is 1.46. The first-order valence-corrected chi connectivity index (χ1v) is 8.80. The van der Waals surface area contributed by atoms with E-state index in [9.17, 15) is 9.59 Å². The second-order valence-electron chi connectivity index (χ2n) is 6.30. The quantitative estimate of drug-likeness (QED) is 0.758. The number of carbonyl (C=O) groups is 2. The first kappa shape index (κ1) is 18.0. The van der Waals surface area contributed by atoms with Gasteiger partial charge in [-0.3, -0.25) is 9.59 Å². The number of benzene rings is 1. The number of carbonyl (C=O) groups excluding carboxylic acids is 2. The molecule has 0 bridgehead atoms. The van der Waals surface area contributed by atoms with E-state index in [2.05, 4.69) is 20.8 Å². The van der Waals surface area contributed by atoms with Crippen molar-refractivity contribution in [2.75, 3.05) is 19.6 Å². The van der Waals surface area contributed by atoms with E-state index in [0.29, 0.717) is 31.6 Å². The monoisotopic (exact) mass is 357 g/mol. The molecule has 1 aromatic heterocycles. The minimum atomic E-state index is -0.0776. The molecular formula is C17H23N7O2. The van der Waals surface area contributed by atoms with Crippen molar-refractivity contribution in [1.29, 1.82) is 0 Å². The highest BCUT2D eigenvalue weighted by Gasteiger charge is 2.27.